The van der Waals surface area contributed by atoms with Gasteiger partial charge in [-0.2, -0.15) is 5.48 Å². The summed E-state index contributed by atoms with van der Waals surface area (Å²) >= 11 is 0. The van der Waals surface area contributed by atoms with Gasteiger partial charge in [0.25, 0.3) is 0 Å². The van der Waals surface area contributed by atoms with E-state index in [0.29, 0.717) is 0 Å². The van der Waals surface area contributed by atoms with Crippen molar-refractivity contribution in [3.8, 4) is 0 Å². The second-order valence-electron chi connectivity index (χ2n) is 1.66. The SMILES string of the molecule is COP(C)(=O)ONCCO. The van der Waals surface area contributed by atoms with Gasteiger partial charge < -0.3 is 9.63 Å². The molecule has 6 heteroatoms. The monoisotopic (exact) mass is 169 g/mol. The molecule has 0 bridgehead atoms. The molecule has 0 aromatic rings. The predicted molar refractivity (Wildman–Crippen MR) is 36.7 cm³/mol. The zero-order chi connectivity index (χ0) is 8.04. The van der Waals surface area contributed by atoms with E-state index in [0.717, 1.165) is 0 Å². The van der Waals surface area contributed by atoms with Gasteiger partial charge in [-0.05, 0) is 0 Å². The lowest BCUT2D eigenvalue weighted by atomic mass is 10.8. The molecule has 2 N–H and O–H groups in total. The molecule has 0 saturated carbocycles. The molecule has 0 radical (unpaired) electrons. The van der Waals surface area contributed by atoms with Crippen molar-refractivity contribution in [1.29, 1.82) is 0 Å². The summed E-state index contributed by atoms with van der Waals surface area (Å²) in [5, 5.41) is 8.26. The van der Waals surface area contributed by atoms with Crippen molar-refractivity contribution in [2.24, 2.45) is 0 Å². The quantitative estimate of drug-likeness (QED) is 0.343. The molecule has 0 rings (SSSR count). The van der Waals surface area contributed by atoms with Crippen LogP contribution in [0.5, 0.6) is 0 Å². The molecule has 0 spiro atoms. The van der Waals surface area contributed by atoms with Gasteiger partial charge in [-0.25, -0.2) is 4.62 Å². The smallest absolute Gasteiger partial charge is 0.343 e. The molecule has 5 nitrogen and oxygen atoms in total. The minimum Gasteiger partial charge on any atom is -0.395 e. The Kier molecular flexibility index (Phi) is 4.85. The number of hydrogen-bond donors (Lipinski definition) is 2. The van der Waals surface area contributed by atoms with Crippen LogP contribution in [0.15, 0.2) is 0 Å². The second kappa shape index (κ2) is 4.82. The Morgan fingerprint density at radius 2 is 2.30 bits per heavy atom. The van der Waals surface area contributed by atoms with E-state index in [1.54, 1.807) is 0 Å². The highest BCUT2D eigenvalue weighted by atomic mass is 31.2. The summed E-state index contributed by atoms with van der Waals surface area (Å²) in [5.41, 5.74) is 2.29. The minimum absolute atomic E-state index is 0.0658. The third kappa shape index (κ3) is 4.90. The number of nitrogens with one attached hydrogen (secondary N) is 1. The van der Waals surface area contributed by atoms with E-state index < -0.39 is 7.60 Å². The molecule has 10 heavy (non-hydrogen) atoms. The Morgan fingerprint density at radius 3 is 2.70 bits per heavy atom. The van der Waals surface area contributed by atoms with E-state index in [1.807, 2.05) is 0 Å². The number of rotatable bonds is 5. The molecule has 0 aromatic heterocycles. The molecule has 1 atom stereocenters. The molecular formula is C4H12NO4P. The number of aliphatic hydroxyl groups excluding tert-OH is 1. The fourth-order valence-corrected chi connectivity index (χ4v) is 0.646. The Morgan fingerprint density at radius 1 is 1.70 bits per heavy atom. The Hall–Kier alpha value is 0.0700. The third-order valence-electron chi connectivity index (χ3n) is 0.776. The fourth-order valence-electron chi connectivity index (χ4n) is 0.246. The third-order valence-corrected chi connectivity index (χ3v) is 1.90. The van der Waals surface area contributed by atoms with Crippen LogP contribution in [-0.4, -0.2) is 32.0 Å². The van der Waals surface area contributed by atoms with E-state index >= 15 is 0 Å². The number of aliphatic hydroxyl groups is 1. The average Bonchev–Trinajstić information content (AvgIpc) is 1.89. The molecule has 0 aliphatic carbocycles. The summed E-state index contributed by atoms with van der Waals surface area (Å²) < 4.78 is 19.9. The molecule has 0 aromatic carbocycles. The van der Waals surface area contributed by atoms with E-state index in [2.05, 4.69) is 14.6 Å². The first kappa shape index (κ1) is 10.1. The molecule has 0 fully saturated rings. The summed E-state index contributed by atoms with van der Waals surface area (Å²) in [6, 6.07) is 0. The van der Waals surface area contributed by atoms with Gasteiger partial charge in [-0.3, -0.25) is 4.57 Å². The largest absolute Gasteiger partial charge is 0.395 e. The summed E-state index contributed by atoms with van der Waals surface area (Å²) in [7, 11) is -1.63. The molecule has 62 valence electrons. The van der Waals surface area contributed by atoms with E-state index in [1.165, 1.54) is 13.8 Å². The highest BCUT2D eigenvalue weighted by Gasteiger charge is 2.13. The minimum atomic E-state index is -2.93. The Balaban J connectivity index is 3.38. The van der Waals surface area contributed by atoms with E-state index in [4.69, 9.17) is 5.11 Å². The van der Waals surface area contributed by atoms with E-state index in [-0.39, 0.29) is 13.2 Å². The lowest BCUT2D eigenvalue weighted by Gasteiger charge is -2.09. The van der Waals surface area contributed by atoms with Crippen molar-refractivity contribution in [2.45, 2.75) is 0 Å². The maximum absolute atomic E-state index is 10.9. The van der Waals surface area contributed by atoms with Crippen LogP contribution in [0.25, 0.3) is 0 Å². The summed E-state index contributed by atoms with van der Waals surface area (Å²) in [4.78, 5) is 0. The van der Waals surface area contributed by atoms with Crippen molar-refractivity contribution in [3.63, 3.8) is 0 Å². The molecule has 0 saturated heterocycles. The molecule has 0 aliphatic rings. The van der Waals surface area contributed by atoms with Crippen LogP contribution in [-0.2, 0) is 13.7 Å². The van der Waals surface area contributed by atoms with Crippen LogP contribution in [0.2, 0.25) is 0 Å². The van der Waals surface area contributed by atoms with Crippen LogP contribution in [0, 0.1) is 0 Å². The highest BCUT2D eigenvalue weighted by Crippen LogP contribution is 2.40. The van der Waals surface area contributed by atoms with Crippen molar-refractivity contribution in [1.82, 2.24) is 5.48 Å². The van der Waals surface area contributed by atoms with Crippen molar-refractivity contribution >= 4 is 7.60 Å². The average molecular weight is 169 g/mol. The predicted octanol–water partition coefficient (Wildman–Crippen LogP) is -0.0308. The second-order valence-corrected chi connectivity index (χ2v) is 3.75. The fraction of sp³-hybridized carbons (Fsp3) is 1.00. The Bertz CT molecular complexity index is 128. The topological polar surface area (TPSA) is 67.8 Å². The lowest BCUT2D eigenvalue weighted by Crippen LogP contribution is -2.17. The van der Waals surface area contributed by atoms with Gasteiger partial charge in [0.15, 0.2) is 0 Å². The van der Waals surface area contributed by atoms with E-state index in [9.17, 15) is 4.57 Å². The van der Waals surface area contributed by atoms with Crippen LogP contribution in [0.3, 0.4) is 0 Å². The molecule has 0 aliphatic heterocycles. The normalized spacial score (nSPS) is 16.7. The van der Waals surface area contributed by atoms with Crippen LogP contribution >= 0.6 is 7.60 Å². The zero-order valence-corrected chi connectivity index (χ0v) is 6.93. The standard InChI is InChI=1S/C4H12NO4P/c1-8-10(2,7)9-5-3-4-6/h5-6H,3-4H2,1-2H3. The summed E-state index contributed by atoms with van der Waals surface area (Å²) in [5.74, 6) is 0. The van der Waals surface area contributed by atoms with Crippen molar-refractivity contribution in [3.05, 3.63) is 0 Å². The molecule has 0 amide bonds. The van der Waals surface area contributed by atoms with Gasteiger partial charge in [0, 0.05) is 20.3 Å². The van der Waals surface area contributed by atoms with Crippen molar-refractivity contribution < 1.29 is 18.8 Å². The van der Waals surface area contributed by atoms with Gasteiger partial charge in [-0.15, -0.1) is 0 Å². The lowest BCUT2D eigenvalue weighted by molar-refractivity contribution is 0.137. The number of hydroxylamine groups is 1. The Labute approximate surface area is 59.8 Å². The van der Waals surface area contributed by atoms with Crippen LogP contribution < -0.4 is 5.48 Å². The van der Waals surface area contributed by atoms with Gasteiger partial charge in [0.1, 0.15) is 0 Å². The van der Waals surface area contributed by atoms with Gasteiger partial charge in [-0.1, -0.05) is 0 Å². The first-order valence-corrected chi connectivity index (χ1v) is 4.77. The van der Waals surface area contributed by atoms with Crippen LogP contribution in [0.4, 0.5) is 0 Å². The summed E-state index contributed by atoms with van der Waals surface area (Å²) in [6.07, 6.45) is 0. The molecule has 0 heterocycles. The maximum Gasteiger partial charge on any atom is 0.343 e. The van der Waals surface area contributed by atoms with Gasteiger partial charge in [0.2, 0.25) is 0 Å². The first-order valence-electron chi connectivity index (χ1n) is 2.78. The number of hydrogen-bond acceptors (Lipinski definition) is 5. The molecular weight excluding hydrogens is 157 g/mol. The van der Waals surface area contributed by atoms with Gasteiger partial charge in [0.05, 0.1) is 6.61 Å². The summed E-state index contributed by atoms with van der Waals surface area (Å²) in [6.45, 7) is 1.50. The zero-order valence-electron chi connectivity index (χ0n) is 6.03. The van der Waals surface area contributed by atoms with Gasteiger partial charge >= 0.3 is 7.60 Å². The highest BCUT2D eigenvalue weighted by molar-refractivity contribution is 7.52. The van der Waals surface area contributed by atoms with Crippen LogP contribution in [0.1, 0.15) is 0 Å². The van der Waals surface area contributed by atoms with Crippen molar-refractivity contribution in [2.75, 3.05) is 26.9 Å². The first-order chi connectivity index (χ1) is 4.62. The molecule has 1 unspecified atom stereocenters. The maximum atomic E-state index is 10.9.